The van der Waals surface area contributed by atoms with Crippen LogP contribution in [0.3, 0.4) is 0 Å². The summed E-state index contributed by atoms with van der Waals surface area (Å²) >= 11 is 6.01. The van der Waals surface area contributed by atoms with Crippen molar-refractivity contribution in [2.45, 2.75) is 38.1 Å². The summed E-state index contributed by atoms with van der Waals surface area (Å²) in [6.45, 7) is 0. The van der Waals surface area contributed by atoms with Gasteiger partial charge in [0.05, 0.1) is 12.1 Å². The molecular weight excluding hydrogens is 304 g/mol. The molecule has 1 aromatic rings. The third-order valence-electron chi connectivity index (χ3n) is 4.05. The normalized spacial score (nSPS) is 15.2. The summed E-state index contributed by atoms with van der Waals surface area (Å²) in [4.78, 5) is 25.9. The Bertz CT molecular complexity index is 556. The Labute approximate surface area is 135 Å². The highest BCUT2D eigenvalue weighted by Crippen LogP contribution is 2.27. The summed E-state index contributed by atoms with van der Waals surface area (Å²) < 4.78 is 5.05. The van der Waals surface area contributed by atoms with Crippen molar-refractivity contribution >= 4 is 29.1 Å². The van der Waals surface area contributed by atoms with Crippen molar-refractivity contribution < 1.29 is 14.3 Å². The van der Waals surface area contributed by atoms with Gasteiger partial charge in [0.15, 0.2) is 0 Å². The summed E-state index contributed by atoms with van der Waals surface area (Å²) in [5.41, 5.74) is 0.473. The highest BCUT2D eigenvalue weighted by molar-refractivity contribution is 6.39. The van der Waals surface area contributed by atoms with E-state index in [1.165, 1.54) is 13.5 Å². The minimum Gasteiger partial charge on any atom is -0.495 e. The van der Waals surface area contributed by atoms with Gasteiger partial charge in [0.25, 0.3) is 0 Å². The van der Waals surface area contributed by atoms with Crippen LogP contribution < -0.4 is 10.1 Å². The van der Waals surface area contributed by atoms with Crippen molar-refractivity contribution in [2.24, 2.45) is 0 Å². The van der Waals surface area contributed by atoms with Crippen molar-refractivity contribution in [1.29, 1.82) is 0 Å². The standard InChI is InChI=1S/C16H21ClN2O3/c1-19(12-6-4-3-5-7-12)16(21)15(20)18-11-8-9-14(22-2)13(17)10-11/h8-10,12H,3-7H2,1-2H3,(H,18,20). The van der Waals surface area contributed by atoms with Crippen LogP contribution in [0.4, 0.5) is 5.69 Å². The molecule has 2 amide bonds. The van der Waals surface area contributed by atoms with E-state index in [2.05, 4.69) is 5.32 Å². The van der Waals surface area contributed by atoms with Crippen molar-refractivity contribution in [1.82, 2.24) is 4.90 Å². The second-order valence-electron chi connectivity index (χ2n) is 5.51. The number of nitrogens with zero attached hydrogens (tertiary/aromatic N) is 1. The Morgan fingerprint density at radius 1 is 1.27 bits per heavy atom. The van der Waals surface area contributed by atoms with Gasteiger partial charge >= 0.3 is 11.8 Å². The van der Waals surface area contributed by atoms with Gasteiger partial charge in [0.2, 0.25) is 0 Å². The first-order valence-corrected chi connectivity index (χ1v) is 7.82. The summed E-state index contributed by atoms with van der Waals surface area (Å²) in [7, 11) is 3.21. The molecule has 0 spiro atoms. The van der Waals surface area contributed by atoms with Crippen LogP contribution in [0.2, 0.25) is 5.02 Å². The third kappa shape index (κ3) is 3.91. The highest BCUT2D eigenvalue weighted by atomic mass is 35.5. The lowest BCUT2D eigenvalue weighted by Crippen LogP contribution is -2.44. The number of hydrogen-bond donors (Lipinski definition) is 1. The van der Waals surface area contributed by atoms with Crippen molar-refractivity contribution in [3.05, 3.63) is 23.2 Å². The molecule has 5 nitrogen and oxygen atoms in total. The molecule has 6 heteroatoms. The van der Waals surface area contributed by atoms with Crippen molar-refractivity contribution in [2.75, 3.05) is 19.5 Å². The monoisotopic (exact) mass is 324 g/mol. The molecule has 0 bridgehead atoms. The highest BCUT2D eigenvalue weighted by Gasteiger charge is 2.26. The number of likely N-dealkylation sites (N-methyl/N-ethyl adjacent to an activating group) is 1. The van der Waals surface area contributed by atoms with E-state index in [1.807, 2.05) is 0 Å². The summed E-state index contributed by atoms with van der Waals surface area (Å²) in [6.07, 6.45) is 5.35. The van der Waals surface area contributed by atoms with Gasteiger partial charge in [-0.1, -0.05) is 30.9 Å². The van der Waals surface area contributed by atoms with Gasteiger partial charge in [0.1, 0.15) is 5.75 Å². The van der Waals surface area contributed by atoms with Crippen LogP contribution in [0.5, 0.6) is 5.75 Å². The fraction of sp³-hybridized carbons (Fsp3) is 0.500. The molecule has 22 heavy (non-hydrogen) atoms. The van der Waals surface area contributed by atoms with Gasteiger partial charge < -0.3 is 15.0 Å². The molecule has 1 aliphatic rings. The molecule has 1 N–H and O–H groups in total. The molecule has 0 aliphatic heterocycles. The van der Waals surface area contributed by atoms with Gasteiger partial charge in [-0.2, -0.15) is 0 Å². The molecule has 0 aromatic heterocycles. The SMILES string of the molecule is COc1ccc(NC(=O)C(=O)N(C)C2CCCCC2)cc1Cl. The number of ether oxygens (including phenoxy) is 1. The predicted molar refractivity (Wildman–Crippen MR) is 86.3 cm³/mol. The second kappa shape index (κ2) is 7.49. The number of hydrogen-bond acceptors (Lipinski definition) is 3. The zero-order valence-corrected chi connectivity index (χ0v) is 13.7. The second-order valence-corrected chi connectivity index (χ2v) is 5.92. The summed E-state index contributed by atoms with van der Waals surface area (Å²) in [5.74, 6) is -0.640. The van der Waals surface area contributed by atoms with Crippen molar-refractivity contribution in [3.63, 3.8) is 0 Å². The summed E-state index contributed by atoms with van der Waals surface area (Å²) in [6, 6.07) is 5.02. The lowest BCUT2D eigenvalue weighted by Gasteiger charge is -2.30. The predicted octanol–water partition coefficient (Wildman–Crippen LogP) is 3.08. The number of anilines is 1. The van der Waals surface area contributed by atoms with E-state index in [0.29, 0.717) is 16.5 Å². The molecule has 120 valence electrons. The number of carbonyl (C=O) groups excluding carboxylic acids is 2. The number of halogens is 1. The molecule has 2 rings (SSSR count). The average Bonchev–Trinajstić information content (AvgIpc) is 2.54. The Morgan fingerprint density at radius 3 is 2.55 bits per heavy atom. The molecule has 0 radical (unpaired) electrons. The lowest BCUT2D eigenvalue weighted by atomic mass is 9.94. The largest absolute Gasteiger partial charge is 0.495 e. The maximum atomic E-state index is 12.2. The molecule has 0 heterocycles. The fourth-order valence-corrected chi connectivity index (χ4v) is 2.98. The molecule has 1 aliphatic carbocycles. The van der Waals surface area contributed by atoms with E-state index in [9.17, 15) is 9.59 Å². The number of nitrogens with one attached hydrogen (secondary N) is 1. The van der Waals surface area contributed by atoms with Crippen LogP contribution in [-0.2, 0) is 9.59 Å². The van der Waals surface area contributed by atoms with Gasteiger partial charge in [-0.25, -0.2) is 0 Å². The molecule has 0 unspecified atom stereocenters. The molecular formula is C16H21ClN2O3. The van der Waals surface area contributed by atoms with E-state index in [1.54, 1.807) is 30.1 Å². The minimum atomic E-state index is -0.644. The molecule has 1 saturated carbocycles. The van der Waals surface area contributed by atoms with Gasteiger partial charge in [-0.3, -0.25) is 9.59 Å². The maximum absolute atomic E-state index is 12.2. The lowest BCUT2D eigenvalue weighted by molar-refractivity contribution is -0.144. The Balaban J connectivity index is 1.98. The smallest absolute Gasteiger partial charge is 0.313 e. The first-order valence-electron chi connectivity index (χ1n) is 7.44. The number of carbonyl (C=O) groups is 2. The van der Waals surface area contributed by atoms with Crippen LogP contribution in [0.15, 0.2) is 18.2 Å². The van der Waals surface area contributed by atoms with Gasteiger partial charge in [-0.05, 0) is 31.0 Å². The zero-order valence-electron chi connectivity index (χ0n) is 12.9. The number of methoxy groups -OCH3 is 1. The Kier molecular flexibility index (Phi) is 5.66. The van der Waals surface area contributed by atoms with E-state index < -0.39 is 11.8 Å². The first-order chi connectivity index (χ1) is 10.5. The van der Waals surface area contributed by atoms with Crippen LogP contribution in [0.1, 0.15) is 32.1 Å². The summed E-state index contributed by atoms with van der Waals surface area (Å²) in [5, 5.41) is 2.97. The van der Waals surface area contributed by atoms with Crippen LogP contribution in [0.25, 0.3) is 0 Å². The van der Waals surface area contributed by atoms with E-state index >= 15 is 0 Å². The van der Waals surface area contributed by atoms with E-state index in [4.69, 9.17) is 16.3 Å². The third-order valence-corrected chi connectivity index (χ3v) is 4.34. The van der Waals surface area contributed by atoms with Gasteiger partial charge in [-0.15, -0.1) is 0 Å². The zero-order chi connectivity index (χ0) is 16.1. The maximum Gasteiger partial charge on any atom is 0.313 e. The van der Waals surface area contributed by atoms with E-state index in [0.717, 1.165) is 25.7 Å². The Hall–Kier alpha value is -1.75. The quantitative estimate of drug-likeness (QED) is 0.869. The first kappa shape index (κ1) is 16.6. The van der Waals surface area contributed by atoms with Crippen LogP contribution in [0, 0.1) is 0 Å². The topological polar surface area (TPSA) is 58.6 Å². The van der Waals surface area contributed by atoms with Crippen LogP contribution >= 0.6 is 11.6 Å². The Morgan fingerprint density at radius 2 is 1.95 bits per heavy atom. The average molecular weight is 325 g/mol. The number of amides is 2. The minimum absolute atomic E-state index is 0.159. The molecule has 1 aromatic carbocycles. The number of rotatable bonds is 3. The molecule has 0 atom stereocenters. The van der Waals surface area contributed by atoms with E-state index in [-0.39, 0.29) is 6.04 Å². The fourth-order valence-electron chi connectivity index (χ4n) is 2.72. The van der Waals surface area contributed by atoms with Gasteiger partial charge in [0, 0.05) is 18.8 Å². The van der Waals surface area contributed by atoms with Crippen molar-refractivity contribution in [3.8, 4) is 5.75 Å². The molecule has 1 fully saturated rings. The molecule has 0 saturated heterocycles. The number of benzene rings is 1. The van der Waals surface area contributed by atoms with Crippen LogP contribution in [-0.4, -0.2) is 36.9 Å².